The van der Waals surface area contributed by atoms with E-state index >= 15 is 0 Å². The van der Waals surface area contributed by atoms with Gasteiger partial charge in [0.15, 0.2) is 4.96 Å². The number of aromatic nitrogens is 3. The highest BCUT2D eigenvalue weighted by atomic mass is 32.1. The topological polar surface area (TPSA) is 39.3 Å². The lowest BCUT2D eigenvalue weighted by Crippen LogP contribution is -2.26. The van der Waals surface area contributed by atoms with E-state index in [1.54, 1.807) is 11.3 Å². The van der Waals surface area contributed by atoms with Gasteiger partial charge in [-0.25, -0.2) is 4.98 Å². The third kappa shape index (κ3) is 4.24. The quantitative estimate of drug-likeness (QED) is 0.301. The average Bonchev–Trinajstić information content (AvgIpc) is 3.56. The van der Waals surface area contributed by atoms with Crippen molar-refractivity contribution in [1.82, 2.24) is 14.0 Å². The average molecular weight is 474 g/mol. The van der Waals surface area contributed by atoms with Gasteiger partial charge in [-0.2, -0.15) is 0 Å². The summed E-state index contributed by atoms with van der Waals surface area (Å²) in [5.74, 6) is 0.784. The number of thiazole rings is 1. The van der Waals surface area contributed by atoms with E-state index in [1.807, 2.05) is 0 Å². The SMILES string of the molecule is Cc1csc2nc(CCCc3cc4cc5c(cc4n(CCC4CCCCC4)c3=O)CCC5)cn12. The van der Waals surface area contributed by atoms with Crippen LogP contribution in [0, 0.1) is 12.8 Å². The Labute approximate surface area is 205 Å². The molecule has 34 heavy (non-hydrogen) atoms. The maximum absolute atomic E-state index is 13.7. The van der Waals surface area contributed by atoms with Crippen LogP contribution in [0.1, 0.15) is 79.4 Å². The molecule has 0 aliphatic heterocycles. The van der Waals surface area contributed by atoms with Gasteiger partial charge in [0.1, 0.15) is 0 Å². The number of benzene rings is 1. The molecule has 6 rings (SSSR count). The predicted octanol–water partition coefficient (Wildman–Crippen LogP) is 6.65. The molecule has 0 unspecified atom stereocenters. The highest BCUT2D eigenvalue weighted by molar-refractivity contribution is 7.15. The molecular formula is C29H35N3OS. The molecule has 0 saturated heterocycles. The van der Waals surface area contributed by atoms with Gasteiger partial charge in [0, 0.05) is 29.4 Å². The number of rotatable bonds is 7. The number of pyridine rings is 1. The van der Waals surface area contributed by atoms with Crippen LogP contribution in [0.4, 0.5) is 0 Å². The molecule has 1 fully saturated rings. The zero-order chi connectivity index (χ0) is 23.1. The highest BCUT2D eigenvalue weighted by Gasteiger charge is 2.18. The van der Waals surface area contributed by atoms with Crippen molar-refractivity contribution in [2.75, 3.05) is 0 Å². The Balaban J connectivity index is 1.26. The molecule has 0 bridgehead atoms. The molecule has 4 nitrogen and oxygen atoms in total. The van der Waals surface area contributed by atoms with Crippen LogP contribution in [0.2, 0.25) is 0 Å². The molecule has 3 aromatic heterocycles. The van der Waals surface area contributed by atoms with Gasteiger partial charge < -0.3 is 4.57 Å². The van der Waals surface area contributed by atoms with Gasteiger partial charge in [0.25, 0.3) is 5.56 Å². The smallest absolute Gasteiger partial charge is 0.254 e. The van der Waals surface area contributed by atoms with Crippen LogP contribution in [0.5, 0.6) is 0 Å². The first-order chi connectivity index (χ1) is 16.7. The van der Waals surface area contributed by atoms with Crippen LogP contribution in [0.15, 0.2) is 34.6 Å². The minimum Gasteiger partial charge on any atom is -0.308 e. The van der Waals surface area contributed by atoms with Crippen LogP contribution in [0.25, 0.3) is 15.9 Å². The zero-order valence-electron chi connectivity index (χ0n) is 20.3. The Kier molecular flexibility index (Phi) is 6.06. The van der Waals surface area contributed by atoms with Gasteiger partial charge in [0.05, 0.1) is 11.2 Å². The standard InChI is InChI=1S/C29H35N3OS/c1-20-19-34-29-30-26(18-32(20)29)12-6-11-24-16-25-15-22-9-5-10-23(22)17-27(25)31(28(24)33)14-13-21-7-3-2-4-8-21/h15-19,21H,2-14H2,1H3. The molecule has 0 radical (unpaired) electrons. The van der Waals surface area contributed by atoms with Crippen molar-refractivity contribution in [3.05, 3.63) is 68.2 Å². The van der Waals surface area contributed by atoms with Gasteiger partial charge in [-0.15, -0.1) is 11.3 Å². The summed E-state index contributed by atoms with van der Waals surface area (Å²) in [6.45, 7) is 2.99. The van der Waals surface area contributed by atoms with Gasteiger partial charge in [0.2, 0.25) is 0 Å². The minimum absolute atomic E-state index is 0.239. The van der Waals surface area contributed by atoms with E-state index < -0.39 is 0 Å². The van der Waals surface area contributed by atoms with Crippen molar-refractivity contribution < 1.29 is 0 Å². The van der Waals surface area contributed by atoms with E-state index in [9.17, 15) is 4.79 Å². The van der Waals surface area contributed by atoms with E-state index in [0.29, 0.717) is 0 Å². The monoisotopic (exact) mass is 473 g/mol. The summed E-state index contributed by atoms with van der Waals surface area (Å²) in [4.78, 5) is 19.5. The number of hydrogen-bond acceptors (Lipinski definition) is 3. The summed E-state index contributed by atoms with van der Waals surface area (Å²) in [5, 5.41) is 3.41. The lowest BCUT2D eigenvalue weighted by atomic mass is 9.87. The van der Waals surface area contributed by atoms with E-state index in [1.165, 1.54) is 67.2 Å². The maximum atomic E-state index is 13.7. The van der Waals surface area contributed by atoms with Crippen molar-refractivity contribution in [1.29, 1.82) is 0 Å². The summed E-state index contributed by atoms with van der Waals surface area (Å²) in [6, 6.07) is 6.91. The van der Waals surface area contributed by atoms with Crippen molar-refractivity contribution in [2.24, 2.45) is 5.92 Å². The molecule has 2 aliphatic rings. The first kappa shape index (κ1) is 22.1. The summed E-state index contributed by atoms with van der Waals surface area (Å²) >= 11 is 1.70. The van der Waals surface area contributed by atoms with Crippen LogP contribution < -0.4 is 5.56 Å². The molecule has 1 aromatic carbocycles. The lowest BCUT2D eigenvalue weighted by Gasteiger charge is -2.22. The Hall–Kier alpha value is -2.40. The van der Waals surface area contributed by atoms with Crippen molar-refractivity contribution in [2.45, 2.75) is 90.5 Å². The first-order valence-corrected chi connectivity index (χ1v) is 14.1. The summed E-state index contributed by atoms with van der Waals surface area (Å²) in [5.41, 5.74) is 7.70. The Morgan fingerprint density at radius 3 is 2.68 bits per heavy atom. The molecule has 0 amide bonds. The van der Waals surface area contributed by atoms with Crippen LogP contribution in [-0.4, -0.2) is 14.0 Å². The van der Waals surface area contributed by atoms with Crippen molar-refractivity contribution >= 4 is 27.2 Å². The molecule has 178 valence electrons. The van der Waals surface area contributed by atoms with E-state index in [4.69, 9.17) is 4.98 Å². The Morgan fingerprint density at radius 2 is 1.85 bits per heavy atom. The predicted molar refractivity (Wildman–Crippen MR) is 141 cm³/mol. The molecule has 4 aromatic rings. The minimum atomic E-state index is 0.239. The molecule has 0 spiro atoms. The molecule has 5 heteroatoms. The second-order valence-corrected chi connectivity index (χ2v) is 11.4. The van der Waals surface area contributed by atoms with Gasteiger partial charge in [-0.05, 0) is 92.5 Å². The number of imidazole rings is 1. The summed E-state index contributed by atoms with van der Waals surface area (Å²) in [6.07, 6.45) is 16.3. The summed E-state index contributed by atoms with van der Waals surface area (Å²) < 4.78 is 4.31. The summed E-state index contributed by atoms with van der Waals surface area (Å²) in [7, 11) is 0. The second kappa shape index (κ2) is 9.33. The van der Waals surface area contributed by atoms with E-state index in [-0.39, 0.29) is 5.56 Å². The van der Waals surface area contributed by atoms with Crippen LogP contribution >= 0.6 is 11.3 Å². The van der Waals surface area contributed by atoms with Gasteiger partial charge in [-0.3, -0.25) is 9.20 Å². The molecule has 0 N–H and O–H groups in total. The van der Waals surface area contributed by atoms with Crippen molar-refractivity contribution in [3.8, 4) is 0 Å². The molecule has 2 aliphatic carbocycles. The second-order valence-electron chi connectivity index (χ2n) is 10.6. The van der Waals surface area contributed by atoms with Gasteiger partial charge in [-0.1, -0.05) is 32.1 Å². The number of aryl methyl sites for hydroxylation is 6. The van der Waals surface area contributed by atoms with Gasteiger partial charge >= 0.3 is 0 Å². The van der Waals surface area contributed by atoms with Crippen molar-refractivity contribution in [3.63, 3.8) is 0 Å². The number of hydrogen-bond donors (Lipinski definition) is 0. The highest BCUT2D eigenvalue weighted by Crippen LogP contribution is 2.30. The zero-order valence-corrected chi connectivity index (χ0v) is 21.1. The first-order valence-electron chi connectivity index (χ1n) is 13.3. The van der Waals surface area contributed by atoms with Crippen LogP contribution in [0.3, 0.4) is 0 Å². The fourth-order valence-corrected chi connectivity index (χ4v) is 7.09. The normalized spacial score (nSPS) is 16.6. The third-order valence-electron chi connectivity index (χ3n) is 8.18. The van der Waals surface area contributed by atoms with E-state index in [2.05, 4.69) is 45.7 Å². The van der Waals surface area contributed by atoms with Crippen LogP contribution in [-0.2, 0) is 32.2 Å². The largest absolute Gasteiger partial charge is 0.308 e. The fraction of sp³-hybridized carbons (Fsp3) is 0.517. The molecular weight excluding hydrogens is 438 g/mol. The maximum Gasteiger partial charge on any atom is 0.254 e. The Morgan fingerprint density at radius 1 is 1.03 bits per heavy atom. The lowest BCUT2D eigenvalue weighted by molar-refractivity contribution is 0.324. The molecule has 3 heterocycles. The molecule has 1 saturated carbocycles. The fourth-order valence-electron chi connectivity index (χ4n) is 6.22. The third-order valence-corrected chi connectivity index (χ3v) is 9.14. The number of fused-ring (bicyclic) bond motifs is 3. The van der Waals surface area contributed by atoms with E-state index in [0.717, 1.165) is 66.3 Å². The Bertz CT molecular complexity index is 1390. The number of nitrogens with zero attached hydrogens (tertiary/aromatic N) is 3. The molecule has 0 atom stereocenters.